The molecule has 0 radical (unpaired) electrons. The summed E-state index contributed by atoms with van der Waals surface area (Å²) < 4.78 is 5.16. The van der Waals surface area contributed by atoms with Gasteiger partial charge in [-0.25, -0.2) is 0 Å². The average molecular weight is 159 g/mol. The Bertz CT molecular complexity index is 68.0. The summed E-state index contributed by atoms with van der Waals surface area (Å²) in [4.78, 5) is 0. The topological polar surface area (TPSA) is 35.2 Å². The third-order valence-corrected chi connectivity index (χ3v) is 2.01. The summed E-state index contributed by atoms with van der Waals surface area (Å²) in [5.41, 5.74) is 5.24. The standard InChI is InChI=1S/C9H21NO/c1-3-5-6-9(4-2)7-11-8-10/h9H,3-8,10H2,1-2H3. The van der Waals surface area contributed by atoms with Gasteiger partial charge in [-0.15, -0.1) is 0 Å². The van der Waals surface area contributed by atoms with Gasteiger partial charge in [0.2, 0.25) is 0 Å². The predicted molar refractivity (Wildman–Crippen MR) is 48.3 cm³/mol. The highest BCUT2D eigenvalue weighted by molar-refractivity contribution is 4.55. The van der Waals surface area contributed by atoms with E-state index in [4.69, 9.17) is 10.5 Å². The van der Waals surface area contributed by atoms with Crippen LogP contribution in [0.1, 0.15) is 39.5 Å². The number of unbranched alkanes of at least 4 members (excludes halogenated alkanes) is 1. The first-order valence-electron chi connectivity index (χ1n) is 4.62. The van der Waals surface area contributed by atoms with Gasteiger partial charge in [0.1, 0.15) is 0 Å². The summed E-state index contributed by atoms with van der Waals surface area (Å²) in [5, 5.41) is 0. The summed E-state index contributed by atoms with van der Waals surface area (Å²) in [6, 6.07) is 0. The molecule has 0 aliphatic carbocycles. The van der Waals surface area contributed by atoms with Gasteiger partial charge in [-0.1, -0.05) is 33.1 Å². The summed E-state index contributed by atoms with van der Waals surface area (Å²) in [7, 11) is 0. The van der Waals surface area contributed by atoms with Gasteiger partial charge in [-0.3, -0.25) is 0 Å². The van der Waals surface area contributed by atoms with Crippen molar-refractivity contribution in [2.45, 2.75) is 39.5 Å². The molecule has 0 aliphatic heterocycles. The highest BCUT2D eigenvalue weighted by atomic mass is 16.5. The second-order valence-electron chi connectivity index (χ2n) is 2.95. The average Bonchev–Trinajstić information content (AvgIpc) is 2.05. The lowest BCUT2D eigenvalue weighted by Gasteiger charge is -2.13. The molecule has 0 aromatic carbocycles. The molecule has 0 heterocycles. The van der Waals surface area contributed by atoms with Crippen molar-refractivity contribution >= 4 is 0 Å². The first-order valence-corrected chi connectivity index (χ1v) is 4.62. The Kier molecular flexibility index (Phi) is 7.96. The Balaban J connectivity index is 3.25. The van der Waals surface area contributed by atoms with Crippen LogP contribution >= 0.6 is 0 Å². The number of hydrogen-bond acceptors (Lipinski definition) is 2. The third kappa shape index (κ3) is 6.32. The fourth-order valence-corrected chi connectivity index (χ4v) is 1.13. The van der Waals surface area contributed by atoms with E-state index in [2.05, 4.69) is 13.8 Å². The highest BCUT2D eigenvalue weighted by Crippen LogP contribution is 2.12. The van der Waals surface area contributed by atoms with E-state index in [1.807, 2.05) is 0 Å². The molecule has 1 atom stereocenters. The Morgan fingerprint density at radius 1 is 1.36 bits per heavy atom. The van der Waals surface area contributed by atoms with Crippen LogP contribution < -0.4 is 5.73 Å². The minimum Gasteiger partial charge on any atom is -0.366 e. The quantitative estimate of drug-likeness (QED) is 0.578. The van der Waals surface area contributed by atoms with Crippen molar-refractivity contribution in [3.63, 3.8) is 0 Å². The van der Waals surface area contributed by atoms with Crippen molar-refractivity contribution in [3.05, 3.63) is 0 Å². The molecular weight excluding hydrogens is 138 g/mol. The largest absolute Gasteiger partial charge is 0.366 e. The maximum absolute atomic E-state index is 5.24. The summed E-state index contributed by atoms with van der Waals surface area (Å²) in [6.45, 7) is 5.63. The maximum Gasteiger partial charge on any atom is 0.0940 e. The van der Waals surface area contributed by atoms with Gasteiger partial charge in [-0.2, -0.15) is 0 Å². The second kappa shape index (κ2) is 8.02. The van der Waals surface area contributed by atoms with Crippen molar-refractivity contribution < 1.29 is 4.74 Å². The van der Waals surface area contributed by atoms with E-state index in [1.165, 1.54) is 25.7 Å². The van der Waals surface area contributed by atoms with Crippen molar-refractivity contribution in [2.75, 3.05) is 13.3 Å². The molecule has 1 unspecified atom stereocenters. The first kappa shape index (κ1) is 10.9. The van der Waals surface area contributed by atoms with E-state index < -0.39 is 0 Å². The Morgan fingerprint density at radius 2 is 2.09 bits per heavy atom. The summed E-state index contributed by atoms with van der Waals surface area (Å²) >= 11 is 0. The van der Waals surface area contributed by atoms with Gasteiger partial charge < -0.3 is 10.5 Å². The SMILES string of the molecule is CCCCC(CC)COCN. The van der Waals surface area contributed by atoms with Crippen LogP contribution in [0.4, 0.5) is 0 Å². The van der Waals surface area contributed by atoms with Crippen LogP contribution in [0.3, 0.4) is 0 Å². The minimum absolute atomic E-state index is 0.364. The van der Waals surface area contributed by atoms with E-state index in [0.717, 1.165) is 12.5 Å². The van der Waals surface area contributed by atoms with Crippen LogP contribution in [-0.4, -0.2) is 13.3 Å². The molecule has 0 aliphatic rings. The minimum atomic E-state index is 0.364. The highest BCUT2D eigenvalue weighted by Gasteiger charge is 2.04. The number of ether oxygens (including phenoxy) is 1. The molecule has 2 heteroatoms. The fourth-order valence-electron chi connectivity index (χ4n) is 1.13. The molecule has 0 fully saturated rings. The maximum atomic E-state index is 5.24. The van der Waals surface area contributed by atoms with Crippen LogP contribution in [0.25, 0.3) is 0 Å². The smallest absolute Gasteiger partial charge is 0.0940 e. The molecule has 68 valence electrons. The zero-order valence-electron chi connectivity index (χ0n) is 7.81. The number of hydrogen-bond donors (Lipinski definition) is 1. The normalized spacial score (nSPS) is 13.4. The second-order valence-corrected chi connectivity index (χ2v) is 2.95. The molecule has 0 spiro atoms. The van der Waals surface area contributed by atoms with Crippen LogP contribution in [0.5, 0.6) is 0 Å². The molecular formula is C9H21NO. The Hall–Kier alpha value is -0.0800. The molecule has 11 heavy (non-hydrogen) atoms. The van der Waals surface area contributed by atoms with Gasteiger partial charge >= 0.3 is 0 Å². The van der Waals surface area contributed by atoms with Crippen molar-refractivity contribution in [1.29, 1.82) is 0 Å². The van der Waals surface area contributed by atoms with Gasteiger partial charge in [0.25, 0.3) is 0 Å². The molecule has 2 N–H and O–H groups in total. The van der Waals surface area contributed by atoms with Crippen LogP contribution in [0.15, 0.2) is 0 Å². The van der Waals surface area contributed by atoms with Gasteiger partial charge in [0, 0.05) is 0 Å². The molecule has 0 saturated carbocycles. The lowest BCUT2D eigenvalue weighted by atomic mass is 10.0. The van der Waals surface area contributed by atoms with Gasteiger partial charge in [0.05, 0.1) is 13.3 Å². The lowest BCUT2D eigenvalue weighted by molar-refractivity contribution is 0.0992. The van der Waals surface area contributed by atoms with Crippen LogP contribution in [0.2, 0.25) is 0 Å². The fraction of sp³-hybridized carbons (Fsp3) is 1.00. The van der Waals surface area contributed by atoms with E-state index in [-0.39, 0.29) is 0 Å². The Labute approximate surface area is 70.1 Å². The first-order chi connectivity index (χ1) is 5.35. The van der Waals surface area contributed by atoms with Crippen molar-refractivity contribution in [1.82, 2.24) is 0 Å². The third-order valence-electron chi connectivity index (χ3n) is 2.01. The molecule has 0 aromatic rings. The molecule has 0 saturated heterocycles. The summed E-state index contributed by atoms with van der Waals surface area (Å²) in [5.74, 6) is 0.721. The van der Waals surface area contributed by atoms with E-state index in [0.29, 0.717) is 6.73 Å². The van der Waals surface area contributed by atoms with Gasteiger partial charge in [-0.05, 0) is 12.3 Å². The molecule has 2 nitrogen and oxygen atoms in total. The molecule has 0 aromatic heterocycles. The van der Waals surface area contributed by atoms with Crippen LogP contribution in [-0.2, 0) is 4.74 Å². The molecule has 0 bridgehead atoms. The Morgan fingerprint density at radius 3 is 2.55 bits per heavy atom. The van der Waals surface area contributed by atoms with E-state index >= 15 is 0 Å². The zero-order valence-corrected chi connectivity index (χ0v) is 7.81. The van der Waals surface area contributed by atoms with Crippen molar-refractivity contribution in [3.8, 4) is 0 Å². The van der Waals surface area contributed by atoms with E-state index in [9.17, 15) is 0 Å². The van der Waals surface area contributed by atoms with Gasteiger partial charge in [0.15, 0.2) is 0 Å². The summed E-state index contributed by atoms with van der Waals surface area (Å²) in [6.07, 6.45) is 5.08. The number of rotatable bonds is 7. The lowest BCUT2D eigenvalue weighted by Crippen LogP contribution is -2.13. The monoisotopic (exact) mass is 159 g/mol. The number of nitrogens with two attached hydrogens (primary N) is 1. The van der Waals surface area contributed by atoms with Crippen LogP contribution in [0, 0.1) is 5.92 Å². The molecule has 0 amide bonds. The van der Waals surface area contributed by atoms with Crippen molar-refractivity contribution in [2.24, 2.45) is 11.7 Å². The molecule has 0 rings (SSSR count). The predicted octanol–water partition coefficient (Wildman–Crippen LogP) is 2.14. The van der Waals surface area contributed by atoms with E-state index in [1.54, 1.807) is 0 Å². The zero-order chi connectivity index (χ0) is 8.53.